The first kappa shape index (κ1) is 15.3. The Morgan fingerprint density at radius 3 is 2.44 bits per heavy atom. The minimum Gasteiger partial charge on any atom is -0.305 e. The Morgan fingerprint density at radius 2 is 1.94 bits per heavy atom. The Hall–Kier alpha value is -0.660. The zero-order chi connectivity index (χ0) is 12.6. The lowest BCUT2D eigenvalue weighted by Crippen LogP contribution is -2.30. The van der Waals surface area contributed by atoms with E-state index in [-0.39, 0.29) is 11.7 Å². The van der Waals surface area contributed by atoms with Gasteiger partial charge in [-0.1, -0.05) is 0 Å². The van der Waals surface area contributed by atoms with Crippen LogP contribution in [-0.4, -0.2) is 51.4 Å². The second kappa shape index (κ2) is 7.59. The molecular formula is C9H21N3O3S. The van der Waals surface area contributed by atoms with E-state index >= 15 is 0 Å². The Kier molecular flexibility index (Phi) is 7.27. The van der Waals surface area contributed by atoms with Gasteiger partial charge in [0.1, 0.15) is 9.84 Å². The van der Waals surface area contributed by atoms with Crippen LogP contribution < -0.4 is 11.3 Å². The topological polar surface area (TPSA) is 92.5 Å². The van der Waals surface area contributed by atoms with Crippen molar-refractivity contribution in [2.24, 2.45) is 5.84 Å². The molecular weight excluding hydrogens is 230 g/mol. The van der Waals surface area contributed by atoms with Gasteiger partial charge in [0.05, 0.1) is 5.75 Å². The van der Waals surface area contributed by atoms with Gasteiger partial charge in [-0.15, -0.1) is 0 Å². The van der Waals surface area contributed by atoms with Crippen molar-refractivity contribution in [2.75, 3.05) is 32.1 Å². The van der Waals surface area contributed by atoms with Crippen molar-refractivity contribution in [3.63, 3.8) is 0 Å². The van der Waals surface area contributed by atoms with Crippen LogP contribution in [-0.2, 0) is 14.6 Å². The highest BCUT2D eigenvalue weighted by molar-refractivity contribution is 7.90. The first-order valence-electron chi connectivity index (χ1n) is 5.21. The smallest absolute Gasteiger partial charge is 0.233 e. The molecule has 16 heavy (non-hydrogen) atoms. The van der Waals surface area contributed by atoms with Crippen LogP contribution in [0.4, 0.5) is 0 Å². The number of rotatable bonds is 8. The predicted molar refractivity (Wildman–Crippen MR) is 63.4 cm³/mol. The summed E-state index contributed by atoms with van der Waals surface area (Å²) in [6.07, 6.45) is 3.25. The van der Waals surface area contributed by atoms with E-state index in [1.54, 1.807) is 0 Å². The van der Waals surface area contributed by atoms with Gasteiger partial charge in [0.25, 0.3) is 0 Å². The first-order chi connectivity index (χ1) is 7.35. The molecule has 1 amide bonds. The molecule has 0 aromatic heterocycles. The standard InChI is InChI=1S/C9H21N3O3S/c1-12(7-8-16(2,14)15)6-4-3-5-9(13)11-10/h3-8,10H2,1-2H3,(H,11,13). The van der Waals surface area contributed by atoms with Gasteiger partial charge >= 0.3 is 0 Å². The highest BCUT2D eigenvalue weighted by Gasteiger charge is 2.05. The SMILES string of the molecule is CN(CCCCC(=O)NN)CCS(C)(=O)=O. The average Bonchev–Trinajstić information content (AvgIpc) is 2.20. The van der Waals surface area contributed by atoms with E-state index < -0.39 is 9.84 Å². The van der Waals surface area contributed by atoms with Crippen molar-refractivity contribution in [1.82, 2.24) is 10.3 Å². The third-order valence-electron chi connectivity index (χ3n) is 2.20. The minimum atomic E-state index is -2.89. The third-order valence-corrected chi connectivity index (χ3v) is 3.12. The van der Waals surface area contributed by atoms with Crippen molar-refractivity contribution >= 4 is 15.7 Å². The van der Waals surface area contributed by atoms with Gasteiger partial charge in [-0.3, -0.25) is 10.2 Å². The highest BCUT2D eigenvalue weighted by Crippen LogP contribution is 1.97. The summed E-state index contributed by atoms with van der Waals surface area (Å²) in [5, 5.41) is 0. The lowest BCUT2D eigenvalue weighted by atomic mass is 10.2. The number of unbranched alkanes of at least 4 members (excludes halogenated alkanes) is 1. The van der Waals surface area contributed by atoms with Crippen LogP contribution in [0.15, 0.2) is 0 Å². The van der Waals surface area contributed by atoms with E-state index in [9.17, 15) is 13.2 Å². The number of carbonyl (C=O) groups excluding carboxylic acids is 1. The molecule has 0 rings (SSSR count). The van der Waals surface area contributed by atoms with E-state index in [0.29, 0.717) is 13.0 Å². The molecule has 96 valence electrons. The zero-order valence-corrected chi connectivity index (χ0v) is 10.7. The maximum Gasteiger partial charge on any atom is 0.233 e. The largest absolute Gasteiger partial charge is 0.305 e. The van der Waals surface area contributed by atoms with E-state index in [4.69, 9.17) is 5.84 Å². The number of carbonyl (C=O) groups is 1. The number of sulfone groups is 1. The molecule has 0 aliphatic carbocycles. The third kappa shape index (κ3) is 9.88. The van der Waals surface area contributed by atoms with Crippen molar-refractivity contribution < 1.29 is 13.2 Å². The van der Waals surface area contributed by atoms with Crippen molar-refractivity contribution in [1.29, 1.82) is 0 Å². The molecule has 0 aliphatic rings. The molecule has 0 saturated carbocycles. The van der Waals surface area contributed by atoms with Gasteiger partial charge in [0.15, 0.2) is 0 Å². The van der Waals surface area contributed by atoms with Crippen LogP contribution >= 0.6 is 0 Å². The summed E-state index contributed by atoms with van der Waals surface area (Å²) in [6, 6.07) is 0. The molecule has 0 radical (unpaired) electrons. The minimum absolute atomic E-state index is 0.168. The molecule has 3 N–H and O–H groups in total. The van der Waals surface area contributed by atoms with E-state index in [1.807, 2.05) is 11.9 Å². The number of nitrogens with zero attached hydrogens (tertiary/aromatic N) is 1. The number of nitrogens with two attached hydrogens (primary N) is 1. The van der Waals surface area contributed by atoms with Gasteiger partial charge in [-0.05, 0) is 26.4 Å². The van der Waals surface area contributed by atoms with Crippen molar-refractivity contribution in [2.45, 2.75) is 19.3 Å². The van der Waals surface area contributed by atoms with E-state index in [2.05, 4.69) is 5.43 Å². The molecule has 0 bridgehead atoms. The number of nitrogens with one attached hydrogen (secondary N) is 1. The van der Waals surface area contributed by atoms with E-state index in [1.165, 1.54) is 6.26 Å². The number of hydrogen-bond acceptors (Lipinski definition) is 5. The molecule has 0 saturated heterocycles. The predicted octanol–water partition coefficient (Wildman–Crippen LogP) is -0.877. The van der Waals surface area contributed by atoms with Gasteiger partial charge in [0, 0.05) is 19.2 Å². The molecule has 0 unspecified atom stereocenters. The van der Waals surface area contributed by atoms with Gasteiger partial charge in [0.2, 0.25) is 5.91 Å². The maximum absolute atomic E-state index is 10.9. The molecule has 0 aromatic rings. The number of amides is 1. The zero-order valence-electron chi connectivity index (χ0n) is 9.90. The van der Waals surface area contributed by atoms with Gasteiger partial charge < -0.3 is 4.90 Å². The Bertz CT molecular complexity index is 303. The van der Waals surface area contributed by atoms with Crippen LogP contribution in [0.3, 0.4) is 0 Å². The van der Waals surface area contributed by atoms with Crippen LogP contribution in [0.2, 0.25) is 0 Å². The maximum atomic E-state index is 10.9. The normalized spacial score (nSPS) is 11.8. The summed E-state index contributed by atoms with van der Waals surface area (Å²) in [7, 11) is -1.02. The lowest BCUT2D eigenvalue weighted by Gasteiger charge is -2.15. The Morgan fingerprint density at radius 1 is 1.31 bits per heavy atom. The molecule has 0 aliphatic heterocycles. The highest BCUT2D eigenvalue weighted by atomic mass is 32.2. The Labute approximate surface area is 97.1 Å². The summed E-state index contributed by atoms with van der Waals surface area (Å²) in [6.45, 7) is 1.31. The summed E-state index contributed by atoms with van der Waals surface area (Å²) in [5.74, 6) is 4.94. The summed E-state index contributed by atoms with van der Waals surface area (Å²) >= 11 is 0. The van der Waals surface area contributed by atoms with Gasteiger partial charge in [-0.25, -0.2) is 14.3 Å². The fourth-order valence-electron chi connectivity index (χ4n) is 1.17. The number of hydrazine groups is 1. The quantitative estimate of drug-likeness (QED) is 0.253. The molecule has 6 nitrogen and oxygen atoms in total. The summed E-state index contributed by atoms with van der Waals surface area (Å²) < 4.78 is 21.8. The monoisotopic (exact) mass is 251 g/mol. The van der Waals surface area contributed by atoms with Gasteiger partial charge in [-0.2, -0.15) is 0 Å². The summed E-state index contributed by atoms with van der Waals surface area (Å²) in [5.41, 5.74) is 2.07. The van der Waals surface area contributed by atoms with Crippen LogP contribution in [0.1, 0.15) is 19.3 Å². The summed E-state index contributed by atoms with van der Waals surface area (Å²) in [4.78, 5) is 12.7. The first-order valence-corrected chi connectivity index (χ1v) is 7.27. The molecule has 7 heteroatoms. The average molecular weight is 251 g/mol. The van der Waals surface area contributed by atoms with Crippen LogP contribution in [0.25, 0.3) is 0 Å². The van der Waals surface area contributed by atoms with Crippen molar-refractivity contribution in [3.8, 4) is 0 Å². The van der Waals surface area contributed by atoms with Crippen LogP contribution in [0, 0.1) is 0 Å². The fourth-order valence-corrected chi connectivity index (χ4v) is 1.82. The van der Waals surface area contributed by atoms with Crippen LogP contribution in [0.5, 0.6) is 0 Å². The van der Waals surface area contributed by atoms with E-state index in [0.717, 1.165) is 19.4 Å². The number of hydrogen-bond donors (Lipinski definition) is 2. The molecule has 0 heterocycles. The lowest BCUT2D eigenvalue weighted by molar-refractivity contribution is -0.121. The molecule has 0 spiro atoms. The fraction of sp³-hybridized carbons (Fsp3) is 0.889. The Balaban J connectivity index is 3.51. The molecule has 0 fully saturated rings. The second-order valence-electron chi connectivity index (χ2n) is 3.96. The second-order valence-corrected chi connectivity index (χ2v) is 6.22. The van der Waals surface area contributed by atoms with Crippen molar-refractivity contribution in [3.05, 3.63) is 0 Å². The molecule has 0 atom stereocenters. The molecule has 0 aromatic carbocycles.